The molecule has 0 atom stereocenters. The highest BCUT2D eigenvalue weighted by Gasteiger charge is 2.12. The molecule has 0 spiro atoms. The zero-order valence-electron chi connectivity index (χ0n) is 21.8. The van der Waals surface area contributed by atoms with Crippen LogP contribution in [0.2, 0.25) is 0 Å². The Labute approximate surface area is 221 Å². The summed E-state index contributed by atoms with van der Waals surface area (Å²) in [4.78, 5) is 0. The van der Waals surface area contributed by atoms with Gasteiger partial charge in [-0.25, -0.2) is 0 Å². The third kappa shape index (κ3) is 10.3. The van der Waals surface area contributed by atoms with Crippen molar-refractivity contribution in [3.8, 4) is 23.0 Å². The average molecular weight is 507 g/mol. The Kier molecular flexibility index (Phi) is 12.1. The van der Waals surface area contributed by atoms with Crippen molar-refractivity contribution in [2.45, 2.75) is 57.8 Å². The molecule has 0 aliphatic rings. The van der Waals surface area contributed by atoms with Gasteiger partial charge in [0.05, 0.1) is 0 Å². The summed E-state index contributed by atoms with van der Waals surface area (Å²) in [5, 5.41) is 46.4. The van der Waals surface area contributed by atoms with Gasteiger partial charge in [-0.2, -0.15) is 0 Å². The van der Waals surface area contributed by atoms with Crippen molar-refractivity contribution >= 4 is 0 Å². The molecule has 3 aromatic rings. The summed E-state index contributed by atoms with van der Waals surface area (Å²) in [6, 6.07) is 18.1. The Bertz CT molecular complexity index is 1070. The summed E-state index contributed by atoms with van der Waals surface area (Å²) in [5.41, 5.74) is 4.18. The van der Waals surface area contributed by atoms with Crippen LogP contribution in [0.15, 0.2) is 60.7 Å². The maximum Gasteiger partial charge on any atom is 0.160 e. The monoisotopic (exact) mass is 506 g/mol. The molecule has 0 unspecified atom stereocenters. The normalized spacial score (nSPS) is 11.1. The molecule has 0 aliphatic heterocycles. The lowest BCUT2D eigenvalue weighted by molar-refractivity contribution is 0.398. The molecule has 3 aromatic carbocycles. The van der Waals surface area contributed by atoms with Crippen LogP contribution in [0.3, 0.4) is 0 Å². The van der Waals surface area contributed by atoms with Crippen LogP contribution in [0.4, 0.5) is 0 Å². The first-order valence-corrected chi connectivity index (χ1v) is 13.5. The van der Waals surface area contributed by atoms with E-state index in [1.807, 2.05) is 30.3 Å². The van der Waals surface area contributed by atoms with Gasteiger partial charge in [-0.05, 0) is 118 Å². The Morgan fingerprint density at radius 3 is 1.92 bits per heavy atom. The number of benzene rings is 3. The number of nitrogens with one attached hydrogen (secondary N) is 2. The van der Waals surface area contributed by atoms with Gasteiger partial charge >= 0.3 is 0 Å². The first-order chi connectivity index (χ1) is 18.0. The lowest BCUT2D eigenvalue weighted by atomic mass is 9.96. The zero-order chi connectivity index (χ0) is 26.3. The fraction of sp³-hybridized carbons (Fsp3) is 0.419. The van der Waals surface area contributed by atoms with Gasteiger partial charge in [-0.3, -0.25) is 0 Å². The van der Waals surface area contributed by atoms with Gasteiger partial charge in [0.15, 0.2) is 11.5 Å². The van der Waals surface area contributed by atoms with E-state index in [1.54, 1.807) is 30.3 Å². The Balaban J connectivity index is 1.25. The smallest absolute Gasteiger partial charge is 0.160 e. The predicted molar refractivity (Wildman–Crippen MR) is 150 cm³/mol. The number of unbranched alkanes of at least 4 members (excludes halogenated alkanes) is 3. The largest absolute Gasteiger partial charge is 0.508 e. The van der Waals surface area contributed by atoms with Gasteiger partial charge < -0.3 is 31.1 Å². The minimum Gasteiger partial charge on any atom is -0.508 e. The highest BCUT2D eigenvalue weighted by Crippen LogP contribution is 2.33. The molecule has 0 aromatic heterocycles. The fourth-order valence-corrected chi connectivity index (χ4v) is 4.58. The second-order valence-electron chi connectivity index (χ2n) is 9.68. The van der Waals surface area contributed by atoms with E-state index >= 15 is 0 Å². The van der Waals surface area contributed by atoms with Gasteiger partial charge in [0, 0.05) is 5.56 Å². The van der Waals surface area contributed by atoms with E-state index in [9.17, 15) is 20.4 Å². The number of hydrogen-bond donors (Lipinski definition) is 6. The number of phenols is 4. The molecule has 0 aliphatic carbocycles. The van der Waals surface area contributed by atoms with E-state index < -0.39 is 0 Å². The van der Waals surface area contributed by atoms with Crippen LogP contribution in [0.25, 0.3) is 0 Å². The molecule has 0 bridgehead atoms. The van der Waals surface area contributed by atoms with Gasteiger partial charge in [-0.15, -0.1) is 0 Å². The van der Waals surface area contributed by atoms with E-state index in [0.29, 0.717) is 12.2 Å². The number of phenolic OH excluding ortho intramolecular Hbond substituents is 4. The quantitative estimate of drug-likeness (QED) is 0.111. The molecule has 6 N–H and O–H groups in total. The molecule has 0 amide bonds. The Morgan fingerprint density at radius 2 is 1.22 bits per heavy atom. The van der Waals surface area contributed by atoms with E-state index in [2.05, 4.69) is 10.6 Å². The summed E-state index contributed by atoms with van der Waals surface area (Å²) in [6.07, 6.45) is 8.81. The molecule has 6 heteroatoms. The third-order valence-corrected chi connectivity index (χ3v) is 6.72. The van der Waals surface area contributed by atoms with Crippen molar-refractivity contribution < 1.29 is 20.4 Å². The minimum absolute atomic E-state index is 0.00918. The van der Waals surface area contributed by atoms with Crippen LogP contribution in [0.1, 0.15) is 54.4 Å². The lowest BCUT2D eigenvalue weighted by Gasteiger charge is -2.14. The highest BCUT2D eigenvalue weighted by molar-refractivity contribution is 5.49. The maximum atomic E-state index is 10.4. The molecule has 0 radical (unpaired) electrons. The number of rotatable bonds is 17. The molecule has 0 saturated heterocycles. The Morgan fingerprint density at radius 1 is 0.514 bits per heavy atom. The number of aryl methyl sites for hydroxylation is 1. The van der Waals surface area contributed by atoms with Crippen LogP contribution >= 0.6 is 0 Å². The van der Waals surface area contributed by atoms with Crippen molar-refractivity contribution in [3.63, 3.8) is 0 Å². The molecular weight excluding hydrogens is 464 g/mol. The van der Waals surface area contributed by atoms with Crippen LogP contribution in [-0.2, 0) is 25.7 Å². The summed E-state index contributed by atoms with van der Waals surface area (Å²) in [7, 11) is 0. The summed E-state index contributed by atoms with van der Waals surface area (Å²) in [5.74, 6) is 0.500. The van der Waals surface area contributed by atoms with Gasteiger partial charge in [0.25, 0.3) is 0 Å². The maximum absolute atomic E-state index is 10.4. The van der Waals surface area contributed by atoms with E-state index in [1.165, 1.54) is 24.8 Å². The van der Waals surface area contributed by atoms with Crippen molar-refractivity contribution in [3.05, 3.63) is 82.9 Å². The fourth-order valence-electron chi connectivity index (χ4n) is 4.58. The lowest BCUT2D eigenvalue weighted by Crippen LogP contribution is -2.20. The second-order valence-corrected chi connectivity index (χ2v) is 9.68. The van der Waals surface area contributed by atoms with E-state index in [-0.39, 0.29) is 17.2 Å². The minimum atomic E-state index is -0.0705. The van der Waals surface area contributed by atoms with Crippen molar-refractivity contribution in [2.24, 2.45) is 0 Å². The molecule has 0 fully saturated rings. The van der Waals surface area contributed by atoms with E-state index in [0.717, 1.165) is 75.0 Å². The van der Waals surface area contributed by atoms with Crippen LogP contribution < -0.4 is 10.6 Å². The average Bonchev–Trinajstić information content (AvgIpc) is 2.89. The molecule has 3 rings (SSSR count). The molecule has 0 heterocycles. The Hall–Kier alpha value is -3.22. The van der Waals surface area contributed by atoms with E-state index in [4.69, 9.17) is 0 Å². The predicted octanol–water partition coefficient (Wildman–Crippen LogP) is 5.21. The van der Waals surface area contributed by atoms with Gasteiger partial charge in [0.1, 0.15) is 11.5 Å². The first-order valence-electron chi connectivity index (χ1n) is 13.5. The number of aromatic hydroxyl groups is 4. The number of hydrogen-bond acceptors (Lipinski definition) is 6. The zero-order valence-corrected chi connectivity index (χ0v) is 21.8. The molecular formula is C31H42N2O4. The van der Waals surface area contributed by atoms with Crippen molar-refractivity contribution in [1.29, 1.82) is 0 Å². The van der Waals surface area contributed by atoms with Crippen LogP contribution in [-0.4, -0.2) is 46.6 Å². The third-order valence-electron chi connectivity index (χ3n) is 6.72. The molecule has 0 saturated carbocycles. The van der Waals surface area contributed by atoms with Crippen LogP contribution in [0, 0.1) is 0 Å². The topological polar surface area (TPSA) is 105 Å². The van der Waals surface area contributed by atoms with Gasteiger partial charge in [-0.1, -0.05) is 43.2 Å². The molecule has 37 heavy (non-hydrogen) atoms. The second kappa shape index (κ2) is 15.8. The highest BCUT2D eigenvalue weighted by atomic mass is 16.3. The standard InChI is InChI=1S/C31H42N2O4/c34-27-14-11-24(12-15-27)17-21-32-19-3-1-2-4-20-33-22-18-26-13-16-30(36)31(37)29(26)10-6-8-25-7-5-9-28(35)23-25/h5,7,9,11-16,23,32-37H,1-4,6,8,10,17-22H2. The van der Waals surface area contributed by atoms with Crippen molar-refractivity contribution in [2.75, 3.05) is 26.2 Å². The van der Waals surface area contributed by atoms with Crippen molar-refractivity contribution in [1.82, 2.24) is 10.6 Å². The molecule has 6 nitrogen and oxygen atoms in total. The first kappa shape index (κ1) is 28.4. The van der Waals surface area contributed by atoms with Gasteiger partial charge in [0.2, 0.25) is 0 Å². The molecule has 200 valence electrons. The van der Waals surface area contributed by atoms with Crippen LogP contribution in [0.5, 0.6) is 23.0 Å². The summed E-state index contributed by atoms with van der Waals surface area (Å²) >= 11 is 0. The SMILES string of the molecule is Oc1ccc(CCNCCCCCCNCCc2ccc(O)c(O)c2CCCc2cccc(O)c2)cc1. The summed E-state index contributed by atoms with van der Waals surface area (Å²) in [6.45, 7) is 3.80. The summed E-state index contributed by atoms with van der Waals surface area (Å²) < 4.78 is 0.